The van der Waals surface area contributed by atoms with Gasteiger partial charge in [-0.3, -0.25) is 4.98 Å². The van der Waals surface area contributed by atoms with Crippen molar-refractivity contribution in [2.24, 2.45) is 0 Å². The van der Waals surface area contributed by atoms with E-state index in [-0.39, 0.29) is 0 Å². The molecule has 0 saturated heterocycles. The normalized spacial score (nSPS) is 11.7. The minimum absolute atomic E-state index is 0.812. The van der Waals surface area contributed by atoms with Crippen molar-refractivity contribution in [2.45, 2.75) is 0 Å². The lowest BCUT2D eigenvalue weighted by Crippen LogP contribution is -2.24. The van der Waals surface area contributed by atoms with Crippen LogP contribution in [0.4, 0.5) is 0 Å². The molecule has 8 rings (SSSR count). The Morgan fingerprint density at radius 2 is 1.07 bits per heavy atom. The van der Waals surface area contributed by atoms with E-state index in [0.29, 0.717) is 0 Å². The second kappa shape index (κ2) is 10.7. The zero-order chi connectivity index (χ0) is 29.5. The van der Waals surface area contributed by atoms with Crippen molar-refractivity contribution in [1.29, 1.82) is 0 Å². The van der Waals surface area contributed by atoms with E-state index < -0.39 is 7.14 Å². The number of fused-ring (bicyclic) bond motifs is 5. The molecule has 0 saturated carbocycles. The molecule has 0 amide bonds. The van der Waals surface area contributed by atoms with Gasteiger partial charge in [-0.15, -0.1) is 0 Å². The smallest absolute Gasteiger partial charge is 0.171 e. The predicted octanol–water partition coefficient (Wildman–Crippen LogP) is 8.91. The maximum atomic E-state index is 14.8. The first-order valence-corrected chi connectivity index (χ1v) is 16.4. The van der Waals surface area contributed by atoms with Gasteiger partial charge in [0.1, 0.15) is 0 Å². The Hall–Kier alpha value is -5.37. The van der Waals surface area contributed by atoms with Crippen molar-refractivity contribution in [1.82, 2.24) is 9.97 Å². The van der Waals surface area contributed by atoms with Crippen LogP contribution in [0, 0.1) is 0 Å². The summed E-state index contributed by atoms with van der Waals surface area (Å²) in [6, 6.07) is 52.9. The molecule has 4 heteroatoms. The highest BCUT2D eigenvalue weighted by Gasteiger charge is 2.29. The summed E-state index contributed by atoms with van der Waals surface area (Å²) in [4.78, 5) is 10.0. The van der Waals surface area contributed by atoms with Crippen LogP contribution in [0.5, 0.6) is 0 Å². The fourth-order valence-electron chi connectivity index (χ4n) is 6.21. The summed E-state index contributed by atoms with van der Waals surface area (Å²) in [5, 5.41) is 6.84. The Morgan fingerprint density at radius 1 is 0.477 bits per heavy atom. The number of hydrogen-bond acceptors (Lipinski definition) is 3. The third-order valence-corrected chi connectivity index (χ3v) is 11.5. The molecule has 0 atom stereocenters. The predicted molar refractivity (Wildman–Crippen MR) is 185 cm³/mol. The van der Waals surface area contributed by atoms with Gasteiger partial charge in [-0.05, 0) is 23.3 Å². The molecule has 0 aliphatic carbocycles. The molecule has 6 aromatic carbocycles. The highest BCUT2D eigenvalue weighted by Crippen LogP contribution is 2.43. The zero-order valence-corrected chi connectivity index (χ0v) is 24.7. The van der Waals surface area contributed by atoms with Gasteiger partial charge < -0.3 is 4.57 Å². The average molecular weight is 583 g/mol. The van der Waals surface area contributed by atoms with Crippen LogP contribution in [-0.2, 0) is 4.57 Å². The van der Waals surface area contributed by atoms with E-state index in [9.17, 15) is 4.57 Å². The standard InChI is InChI=1S/C40H27N2OP/c43-44(32-14-6-2-7-15-32,33-16-8-3-9-17-33)34-22-18-28(19-23-34)31-21-24-35-37(27-31)42-39(29-11-4-1-5-12-29)36-25-20-30-13-10-26-41-40(30)38(35)36/h1-27H. The Morgan fingerprint density at radius 3 is 1.75 bits per heavy atom. The highest BCUT2D eigenvalue weighted by molar-refractivity contribution is 7.85. The van der Waals surface area contributed by atoms with Gasteiger partial charge in [0.2, 0.25) is 0 Å². The molecule has 2 heterocycles. The summed E-state index contributed by atoms with van der Waals surface area (Å²) in [6.07, 6.45) is 1.86. The van der Waals surface area contributed by atoms with Crippen molar-refractivity contribution in [3.05, 3.63) is 164 Å². The Kier molecular flexibility index (Phi) is 6.40. The van der Waals surface area contributed by atoms with E-state index in [1.54, 1.807) is 0 Å². The molecule has 0 N–H and O–H groups in total. The molecule has 8 aromatic rings. The largest absolute Gasteiger partial charge is 0.309 e. The van der Waals surface area contributed by atoms with Crippen LogP contribution in [0.3, 0.4) is 0 Å². The molecule has 2 aromatic heterocycles. The molecule has 0 fully saturated rings. The molecule has 0 bridgehead atoms. The molecule has 0 unspecified atom stereocenters. The lowest BCUT2D eigenvalue weighted by Gasteiger charge is -2.20. The van der Waals surface area contributed by atoms with Crippen molar-refractivity contribution in [3.8, 4) is 22.4 Å². The fraction of sp³-hybridized carbons (Fsp3) is 0. The summed E-state index contributed by atoms with van der Waals surface area (Å²) in [5.41, 5.74) is 6.00. The lowest BCUT2D eigenvalue weighted by molar-refractivity contribution is 0.592. The summed E-state index contributed by atoms with van der Waals surface area (Å²) in [5.74, 6) is 0. The summed E-state index contributed by atoms with van der Waals surface area (Å²) in [7, 11) is -3.04. The number of nitrogens with zero attached hydrogens (tertiary/aromatic N) is 2. The molecule has 0 radical (unpaired) electrons. The quantitative estimate of drug-likeness (QED) is 0.150. The zero-order valence-electron chi connectivity index (χ0n) is 23.8. The molecule has 0 aliphatic rings. The maximum Gasteiger partial charge on any atom is 0.171 e. The Labute approximate surface area is 255 Å². The third kappa shape index (κ3) is 4.33. The molecule has 208 valence electrons. The molecule has 0 aliphatic heterocycles. The fourth-order valence-corrected chi connectivity index (χ4v) is 8.86. The van der Waals surface area contributed by atoms with Gasteiger partial charge in [0, 0.05) is 49.2 Å². The minimum atomic E-state index is -3.04. The number of hydrogen-bond donors (Lipinski definition) is 0. The van der Waals surface area contributed by atoms with Gasteiger partial charge in [0.25, 0.3) is 0 Å². The van der Waals surface area contributed by atoms with E-state index in [1.807, 2.05) is 103 Å². The van der Waals surface area contributed by atoms with Gasteiger partial charge in [0.05, 0.1) is 16.7 Å². The first-order chi connectivity index (χ1) is 21.7. The molecule has 3 nitrogen and oxygen atoms in total. The van der Waals surface area contributed by atoms with Crippen LogP contribution in [0.15, 0.2) is 164 Å². The monoisotopic (exact) mass is 582 g/mol. The minimum Gasteiger partial charge on any atom is -0.309 e. The van der Waals surface area contributed by atoms with Crippen molar-refractivity contribution in [2.75, 3.05) is 0 Å². The summed E-state index contributed by atoms with van der Waals surface area (Å²) in [6.45, 7) is 0. The van der Waals surface area contributed by atoms with E-state index >= 15 is 0 Å². The maximum absolute atomic E-state index is 14.8. The molecular weight excluding hydrogens is 555 g/mol. The van der Waals surface area contributed by atoms with E-state index in [1.165, 1.54) is 0 Å². The van der Waals surface area contributed by atoms with Crippen LogP contribution >= 0.6 is 7.14 Å². The summed E-state index contributed by atoms with van der Waals surface area (Å²) >= 11 is 0. The average Bonchev–Trinajstić information content (AvgIpc) is 3.11. The van der Waals surface area contributed by atoms with Crippen LogP contribution in [0.25, 0.3) is 55.0 Å². The third-order valence-electron chi connectivity index (χ3n) is 8.38. The molecule has 0 spiro atoms. The van der Waals surface area contributed by atoms with Crippen LogP contribution < -0.4 is 15.9 Å². The van der Waals surface area contributed by atoms with Gasteiger partial charge >= 0.3 is 0 Å². The number of aromatic nitrogens is 2. The second-order valence-electron chi connectivity index (χ2n) is 10.9. The SMILES string of the molecule is O=P(c1ccccc1)(c1ccccc1)c1ccc(-c2ccc3c(c2)nc(-c2ccccc2)c2ccc4cccnc4c23)cc1. The van der Waals surface area contributed by atoms with Crippen molar-refractivity contribution >= 4 is 55.6 Å². The van der Waals surface area contributed by atoms with Gasteiger partial charge in [-0.25, -0.2) is 4.98 Å². The summed E-state index contributed by atoms with van der Waals surface area (Å²) < 4.78 is 14.8. The first kappa shape index (κ1) is 26.3. The van der Waals surface area contributed by atoms with Crippen molar-refractivity contribution < 1.29 is 4.57 Å². The van der Waals surface area contributed by atoms with Crippen LogP contribution in [-0.4, -0.2) is 9.97 Å². The molecular formula is C40H27N2OP. The topological polar surface area (TPSA) is 42.9 Å². The second-order valence-corrected chi connectivity index (χ2v) is 13.7. The van der Waals surface area contributed by atoms with Gasteiger partial charge in [0.15, 0.2) is 7.14 Å². The van der Waals surface area contributed by atoms with Crippen LogP contribution in [0.2, 0.25) is 0 Å². The highest BCUT2D eigenvalue weighted by atomic mass is 31.2. The molecule has 44 heavy (non-hydrogen) atoms. The number of pyridine rings is 2. The van der Waals surface area contributed by atoms with Crippen molar-refractivity contribution in [3.63, 3.8) is 0 Å². The van der Waals surface area contributed by atoms with Gasteiger partial charge in [-0.2, -0.15) is 0 Å². The van der Waals surface area contributed by atoms with E-state index in [4.69, 9.17) is 9.97 Å². The lowest BCUT2D eigenvalue weighted by atomic mass is 9.96. The number of benzene rings is 6. The van der Waals surface area contributed by atoms with E-state index in [2.05, 4.69) is 60.7 Å². The van der Waals surface area contributed by atoms with Crippen LogP contribution in [0.1, 0.15) is 0 Å². The van der Waals surface area contributed by atoms with Gasteiger partial charge in [-0.1, -0.05) is 146 Å². The van der Waals surface area contributed by atoms with E-state index in [0.717, 1.165) is 70.9 Å². The Balaban J connectivity index is 1.29. The number of rotatable bonds is 5. The Bertz CT molecular complexity index is 2290. The first-order valence-electron chi connectivity index (χ1n) is 14.7.